The first-order chi connectivity index (χ1) is 34.2. The van der Waals surface area contributed by atoms with Crippen LogP contribution in [0, 0.1) is 0 Å². The number of aliphatic hydroxyl groups excluding tert-OH is 13. The summed E-state index contributed by atoms with van der Waals surface area (Å²) < 4.78 is 59.8. The maximum atomic E-state index is 11.9. The Morgan fingerprint density at radius 1 is 0.417 bits per heavy atom. The SMILES string of the molecule is CCCCCC(CCCCCCCCCCC(=O)O)OC1OC(CO)C(O)C(O)C1OC1OC(C)C(OC2OC(C)C(OC3OC(C)C(O)C(O)C3O)C(OC3OC(CO)C(O)C(O)C3O)C2O)C(O)C1O. The van der Waals surface area contributed by atoms with Gasteiger partial charge in [-0.25, -0.2) is 0 Å². The van der Waals surface area contributed by atoms with Gasteiger partial charge in [-0.2, -0.15) is 0 Å². The van der Waals surface area contributed by atoms with E-state index in [1.165, 1.54) is 20.8 Å². The van der Waals surface area contributed by atoms with E-state index in [4.69, 9.17) is 52.5 Å². The van der Waals surface area contributed by atoms with Crippen LogP contribution >= 0.6 is 0 Å². The molecule has 0 aromatic heterocycles. The molecule has 0 amide bonds. The van der Waals surface area contributed by atoms with Crippen LogP contribution in [0.4, 0.5) is 0 Å². The number of carboxylic acid groups (broad SMARTS) is 1. The zero-order chi connectivity index (χ0) is 53.0. The molecule has 25 heteroatoms. The van der Waals surface area contributed by atoms with Crippen LogP contribution < -0.4 is 0 Å². The van der Waals surface area contributed by atoms with Gasteiger partial charge in [0.15, 0.2) is 31.5 Å². The largest absolute Gasteiger partial charge is 0.481 e. The topological polar surface area (TPSA) is 393 Å². The average Bonchev–Trinajstić information content (AvgIpc) is 3.35. The summed E-state index contributed by atoms with van der Waals surface area (Å²) in [6.07, 6.45) is -29.7. The third-order valence-electron chi connectivity index (χ3n) is 14.3. The highest BCUT2D eigenvalue weighted by Gasteiger charge is 2.56. The van der Waals surface area contributed by atoms with Crippen LogP contribution in [-0.2, 0) is 52.2 Å². The summed E-state index contributed by atoms with van der Waals surface area (Å²) >= 11 is 0. The second-order valence-corrected chi connectivity index (χ2v) is 19.9. The number of carbonyl (C=O) groups is 1. The summed E-state index contributed by atoms with van der Waals surface area (Å²) in [4.78, 5) is 10.8. The molecular formula is C47H84O25. The van der Waals surface area contributed by atoms with Crippen molar-refractivity contribution in [1.29, 1.82) is 0 Å². The Kier molecular flexibility index (Phi) is 25.0. The first-order valence-corrected chi connectivity index (χ1v) is 25.7. The van der Waals surface area contributed by atoms with Crippen LogP contribution in [0.15, 0.2) is 0 Å². The minimum absolute atomic E-state index is 0.171. The Labute approximate surface area is 419 Å². The Morgan fingerprint density at radius 2 is 0.819 bits per heavy atom. The second-order valence-electron chi connectivity index (χ2n) is 19.9. The molecule has 72 heavy (non-hydrogen) atoms. The fourth-order valence-electron chi connectivity index (χ4n) is 9.79. The quantitative estimate of drug-likeness (QED) is 0.0367. The van der Waals surface area contributed by atoms with Crippen molar-refractivity contribution in [2.45, 2.75) is 277 Å². The van der Waals surface area contributed by atoms with Crippen molar-refractivity contribution >= 4 is 5.97 Å². The van der Waals surface area contributed by atoms with Crippen molar-refractivity contribution in [1.82, 2.24) is 0 Å². The van der Waals surface area contributed by atoms with Gasteiger partial charge in [-0.05, 0) is 40.0 Å². The van der Waals surface area contributed by atoms with E-state index in [0.29, 0.717) is 19.3 Å². The lowest BCUT2D eigenvalue weighted by atomic mass is 9.95. The minimum Gasteiger partial charge on any atom is -0.481 e. The zero-order valence-electron chi connectivity index (χ0n) is 41.6. The van der Waals surface area contributed by atoms with E-state index in [1.54, 1.807) is 0 Å². The number of rotatable bonds is 27. The number of unbranched alkanes of at least 4 members (excludes halogenated alkanes) is 9. The molecule has 0 aliphatic carbocycles. The van der Waals surface area contributed by atoms with Crippen molar-refractivity contribution in [3.8, 4) is 0 Å². The van der Waals surface area contributed by atoms with E-state index in [1.807, 2.05) is 0 Å². The van der Waals surface area contributed by atoms with Gasteiger partial charge < -0.3 is 119 Å². The van der Waals surface area contributed by atoms with Gasteiger partial charge in [0.2, 0.25) is 0 Å². The van der Waals surface area contributed by atoms with E-state index in [0.717, 1.165) is 64.2 Å². The number of hydrogen-bond acceptors (Lipinski definition) is 24. The molecule has 0 radical (unpaired) electrons. The highest BCUT2D eigenvalue weighted by molar-refractivity contribution is 5.66. The Morgan fingerprint density at radius 3 is 1.39 bits per heavy atom. The lowest BCUT2D eigenvalue weighted by molar-refractivity contribution is -0.400. The van der Waals surface area contributed by atoms with E-state index in [-0.39, 0.29) is 6.42 Å². The summed E-state index contributed by atoms with van der Waals surface area (Å²) in [5.41, 5.74) is 0. The van der Waals surface area contributed by atoms with Gasteiger partial charge in [0, 0.05) is 6.42 Å². The van der Waals surface area contributed by atoms with Crippen LogP contribution in [0.1, 0.15) is 118 Å². The molecule has 26 atom stereocenters. The summed E-state index contributed by atoms with van der Waals surface area (Å²) in [7, 11) is 0. The molecule has 0 aromatic rings. The number of carboxylic acids is 1. The monoisotopic (exact) mass is 1050 g/mol. The first kappa shape index (κ1) is 61.4. The fourth-order valence-corrected chi connectivity index (χ4v) is 9.79. The zero-order valence-corrected chi connectivity index (χ0v) is 41.6. The standard InChI is InChI=1S/C47H84O25/c1-5-6-13-16-24(17-14-11-9-7-8-10-12-15-18-27(50)51)66-47-42(33(57)30(54)26(20-49)68-47)72-44-37(61)34(58)39(22(3)64-44)69-46-38(62)41(71-45-36(60)32(56)29(53)25(19-48)67-45)40(23(4)65-46)70-43-35(59)31(55)28(52)21(2)63-43/h21-26,28-49,52-62H,5-20H2,1-4H3,(H,50,51). The Bertz CT molecular complexity index is 1550. The molecule has 0 saturated carbocycles. The Balaban J connectivity index is 1.27. The molecule has 25 nitrogen and oxygen atoms in total. The predicted octanol–water partition coefficient (Wildman–Crippen LogP) is -2.88. The molecule has 0 aromatic carbocycles. The number of hydrogen-bond donors (Lipinski definition) is 14. The predicted molar refractivity (Wildman–Crippen MR) is 243 cm³/mol. The average molecular weight is 1050 g/mol. The van der Waals surface area contributed by atoms with Gasteiger partial charge in [0.25, 0.3) is 0 Å². The van der Waals surface area contributed by atoms with Gasteiger partial charge >= 0.3 is 5.97 Å². The maximum Gasteiger partial charge on any atom is 0.303 e. The third-order valence-corrected chi connectivity index (χ3v) is 14.3. The van der Waals surface area contributed by atoms with E-state index >= 15 is 0 Å². The number of aliphatic hydroxyl groups is 13. The molecule has 422 valence electrons. The third kappa shape index (κ3) is 15.8. The molecule has 5 saturated heterocycles. The molecule has 5 heterocycles. The molecule has 14 N–H and O–H groups in total. The lowest BCUT2D eigenvalue weighted by Gasteiger charge is -2.50. The van der Waals surface area contributed by atoms with Gasteiger partial charge in [0.05, 0.1) is 37.6 Å². The van der Waals surface area contributed by atoms with Crippen molar-refractivity contribution in [3.63, 3.8) is 0 Å². The fraction of sp³-hybridized carbons (Fsp3) is 0.979. The van der Waals surface area contributed by atoms with Crippen LogP contribution in [0.5, 0.6) is 0 Å². The minimum atomic E-state index is -1.97. The highest BCUT2D eigenvalue weighted by Crippen LogP contribution is 2.37. The molecule has 0 spiro atoms. The molecule has 5 rings (SSSR count). The van der Waals surface area contributed by atoms with E-state index < -0.39 is 179 Å². The molecule has 5 aliphatic rings. The van der Waals surface area contributed by atoms with Gasteiger partial charge in [0.1, 0.15) is 104 Å². The van der Waals surface area contributed by atoms with Crippen LogP contribution in [0.2, 0.25) is 0 Å². The number of aliphatic carboxylic acids is 1. The highest BCUT2D eigenvalue weighted by atomic mass is 16.8. The van der Waals surface area contributed by atoms with Crippen LogP contribution in [-0.4, -0.2) is 250 Å². The van der Waals surface area contributed by atoms with Crippen molar-refractivity contribution in [2.75, 3.05) is 13.2 Å². The Hall–Kier alpha value is -1.45. The molecule has 0 bridgehead atoms. The van der Waals surface area contributed by atoms with Crippen molar-refractivity contribution < 1.29 is 124 Å². The molecule has 5 aliphatic heterocycles. The molecular weight excluding hydrogens is 964 g/mol. The normalized spacial score (nSPS) is 44.4. The van der Waals surface area contributed by atoms with Crippen molar-refractivity contribution in [2.24, 2.45) is 0 Å². The smallest absolute Gasteiger partial charge is 0.303 e. The van der Waals surface area contributed by atoms with Crippen LogP contribution in [0.3, 0.4) is 0 Å². The van der Waals surface area contributed by atoms with Crippen LogP contribution in [0.25, 0.3) is 0 Å². The summed E-state index contributed by atoms with van der Waals surface area (Å²) in [5, 5.41) is 149. The molecule has 5 fully saturated rings. The summed E-state index contributed by atoms with van der Waals surface area (Å²) in [6, 6.07) is 0. The summed E-state index contributed by atoms with van der Waals surface area (Å²) in [5.74, 6) is -0.791. The van der Waals surface area contributed by atoms with E-state index in [9.17, 15) is 71.2 Å². The lowest BCUT2D eigenvalue weighted by Crippen LogP contribution is -2.67. The first-order valence-electron chi connectivity index (χ1n) is 25.7. The second kappa shape index (κ2) is 29.3. The van der Waals surface area contributed by atoms with Gasteiger partial charge in [-0.15, -0.1) is 0 Å². The van der Waals surface area contributed by atoms with Gasteiger partial charge in [-0.1, -0.05) is 71.1 Å². The van der Waals surface area contributed by atoms with Crippen molar-refractivity contribution in [3.05, 3.63) is 0 Å². The number of ether oxygens (including phenoxy) is 10. The van der Waals surface area contributed by atoms with E-state index in [2.05, 4.69) is 6.92 Å². The summed E-state index contributed by atoms with van der Waals surface area (Å²) in [6.45, 7) is 4.84. The maximum absolute atomic E-state index is 11.9. The molecule has 26 unspecified atom stereocenters. The van der Waals surface area contributed by atoms with Gasteiger partial charge in [-0.3, -0.25) is 4.79 Å².